The summed E-state index contributed by atoms with van der Waals surface area (Å²) in [4.78, 5) is 13.1. The third-order valence-electron chi connectivity index (χ3n) is 6.66. The second-order valence-corrected chi connectivity index (χ2v) is 10.3. The summed E-state index contributed by atoms with van der Waals surface area (Å²) in [6.45, 7) is 1.89. The lowest BCUT2D eigenvalue weighted by Crippen LogP contribution is -2.56. The number of anilines is 1. The predicted octanol–water partition coefficient (Wildman–Crippen LogP) is 2.61. The second-order valence-electron chi connectivity index (χ2n) is 8.52. The number of ether oxygens (including phenoxy) is 1. The highest BCUT2D eigenvalue weighted by Crippen LogP contribution is 2.55. The lowest BCUT2D eigenvalue weighted by atomic mass is 9.79. The van der Waals surface area contributed by atoms with Crippen molar-refractivity contribution in [1.82, 2.24) is 5.32 Å². The molecule has 0 radical (unpaired) electrons. The molecule has 7 nitrogen and oxygen atoms in total. The molecule has 1 saturated heterocycles. The maximum Gasteiger partial charge on any atom is 0.325 e. The zero-order valence-corrected chi connectivity index (χ0v) is 19.1. The summed E-state index contributed by atoms with van der Waals surface area (Å²) in [5, 5.41) is 3.30. The van der Waals surface area contributed by atoms with E-state index in [9.17, 15) is 13.2 Å². The van der Waals surface area contributed by atoms with Crippen LogP contribution in [0.5, 0.6) is 0 Å². The fraction of sp³-hybridized carbons (Fsp3) is 0.240. The van der Waals surface area contributed by atoms with E-state index in [1.54, 1.807) is 36.4 Å². The number of hydrogen-bond acceptors (Lipinski definition) is 6. The van der Waals surface area contributed by atoms with Crippen molar-refractivity contribution in [2.24, 2.45) is 5.73 Å². The third kappa shape index (κ3) is 3.09. The molecule has 3 N–H and O–H groups in total. The molecule has 2 heterocycles. The SMILES string of the molecule is COC(=O)[C@H]1N[C@H](c2ccccc2)[C@]2(N)c3ccccc3N(S(=O)(=O)c3ccc(C)cc3)[C@H]12. The molecule has 0 bridgehead atoms. The van der Waals surface area contributed by atoms with E-state index < -0.39 is 39.7 Å². The van der Waals surface area contributed by atoms with Crippen LogP contribution in [0, 0.1) is 6.92 Å². The van der Waals surface area contributed by atoms with Crippen LogP contribution in [0.1, 0.15) is 22.7 Å². The number of hydrogen-bond donors (Lipinski definition) is 2. The summed E-state index contributed by atoms with van der Waals surface area (Å²) in [6, 6.07) is 21.0. The number of rotatable bonds is 4. The summed E-state index contributed by atoms with van der Waals surface area (Å²) in [7, 11) is -2.75. The summed E-state index contributed by atoms with van der Waals surface area (Å²) >= 11 is 0. The van der Waals surface area contributed by atoms with Gasteiger partial charge in [0, 0.05) is 5.56 Å². The number of carbonyl (C=O) groups is 1. The lowest BCUT2D eigenvalue weighted by Gasteiger charge is -2.34. The Morgan fingerprint density at radius 1 is 1.00 bits per heavy atom. The van der Waals surface area contributed by atoms with Gasteiger partial charge in [-0.1, -0.05) is 66.2 Å². The van der Waals surface area contributed by atoms with Crippen molar-refractivity contribution in [3.8, 4) is 0 Å². The van der Waals surface area contributed by atoms with Crippen LogP contribution in [0.2, 0.25) is 0 Å². The molecule has 0 unspecified atom stereocenters. The Kier molecular flexibility index (Phi) is 5.04. The van der Waals surface area contributed by atoms with Crippen molar-refractivity contribution in [2.45, 2.75) is 35.5 Å². The highest BCUT2D eigenvalue weighted by molar-refractivity contribution is 7.93. The van der Waals surface area contributed by atoms with E-state index in [0.717, 1.165) is 11.1 Å². The minimum atomic E-state index is -4.04. The van der Waals surface area contributed by atoms with E-state index >= 15 is 0 Å². The number of para-hydroxylation sites is 1. The molecule has 3 aromatic rings. The van der Waals surface area contributed by atoms with Crippen LogP contribution in [0.15, 0.2) is 83.8 Å². The van der Waals surface area contributed by atoms with E-state index in [1.807, 2.05) is 49.4 Å². The van der Waals surface area contributed by atoms with Crippen LogP contribution in [-0.4, -0.2) is 33.6 Å². The summed E-state index contributed by atoms with van der Waals surface area (Å²) < 4.78 is 34.4. The van der Waals surface area contributed by atoms with Gasteiger partial charge in [-0.15, -0.1) is 0 Å². The molecular formula is C25H25N3O4S. The first-order valence-corrected chi connectivity index (χ1v) is 12.1. The van der Waals surface area contributed by atoms with Crippen molar-refractivity contribution in [2.75, 3.05) is 11.4 Å². The van der Waals surface area contributed by atoms with E-state index in [0.29, 0.717) is 11.3 Å². The average Bonchev–Trinajstić information content (AvgIpc) is 3.27. The van der Waals surface area contributed by atoms with Crippen molar-refractivity contribution >= 4 is 21.7 Å². The van der Waals surface area contributed by atoms with E-state index in [4.69, 9.17) is 10.5 Å². The fourth-order valence-corrected chi connectivity index (χ4v) is 6.85. The van der Waals surface area contributed by atoms with Crippen molar-refractivity contribution < 1.29 is 17.9 Å². The number of nitrogens with two attached hydrogens (primary N) is 1. The van der Waals surface area contributed by atoms with Crippen LogP contribution in [0.25, 0.3) is 0 Å². The molecule has 0 aromatic heterocycles. The molecule has 0 amide bonds. The van der Waals surface area contributed by atoms with Crippen LogP contribution < -0.4 is 15.4 Å². The maximum absolute atomic E-state index is 14.0. The largest absolute Gasteiger partial charge is 0.468 e. The highest BCUT2D eigenvalue weighted by atomic mass is 32.2. The smallest absolute Gasteiger partial charge is 0.325 e. The topological polar surface area (TPSA) is 102 Å². The minimum Gasteiger partial charge on any atom is -0.468 e. The number of benzene rings is 3. The zero-order chi connectivity index (χ0) is 23.4. The summed E-state index contributed by atoms with van der Waals surface area (Å²) in [5.41, 5.74) is 8.90. The van der Waals surface area contributed by atoms with Crippen LogP contribution in [0.4, 0.5) is 5.69 Å². The Balaban J connectivity index is 1.75. The van der Waals surface area contributed by atoms with Gasteiger partial charge in [0.05, 0.1) is 35.3 Å². The molecule has 0 spiro atoms. The predicted molar refractivity (Wildman–Crippen MR) is 125 cm³/mol. The molecule has 2 aliphatic rings. The Morgan fingerprint density at radius 2 is 1.64 bits per heavy atom. The fourth-order valence-electron chi connectivity index (χ4n) is 5.13. The number of nitrogens with one attached hydrogen (secondary N) is 1. The first-order valence-electron chi connectivity index (χ1n) is 10.7. The van der Waals surface area contributed by atoms with Gasteiger partial charge in [-0.05, 0) is 30.7 Å². The molecule has 3 aromatic carbocycles. The van der Waals surface area contributed by atoms with Crippen molar-refractivity contribution in [3.63, 3.8) is 0 Å². The van der Waals surface area contributed by atoms with Gasteiger partial charge >= 0.3 is 5.97 Å². The molecule has 0 saturated carbocycles. The Bertz CT molecular complexity index is 1310. The highest BCUT2D eigenvalue weighted by Gasteiger charge is 2.65. The first kappa shape index (κ1) is 21.6. The third-order valence-corrected chi connectivity index (χ3v) is 8.47. The molecule has 5 rings (SSSR count). The van der Waals surface area contributed by atoms with Gasteiger partial charge in [0.2, 0.25) is 0 Å². The van der Waals surface area contributed by atoms with Gasteiger partial charge in [-0.2, -0.15) is 0 Å². The van der Waals surface area contributed by atoms with Crippen molar-refractivity contribution in [3.05, 3.63) is 95.6 Å². The van der Waals surface area contributed by atoms with Gasteiger partial charge < -0.3 is 10.5 Å². The van der Waals surface area contributed by atoms with Crippen LogP contribution in [0.3, 0.4) is 0 Å². The first-order chi connectivity index (χ1) is 15.8. The van der Waals surface area contributed by atoms with Gasteiger partial charge in [0.25, 0.3) is 10.0 Å². The van der Waals surface area contributed by atoms with Gasteiger partial charge in [0.15, 0.2) is 0 Å². The monoisotopic (exact) mass is 463 g/mol. The van der Waals surface area contributed by atoms with E-state index in [2.05, 4.69) is 5.32 Å². The van der Waals surface area contributed by atoms with Gasteiger partial charge in [0.1, 0.15) is 6.04 Å². The Morgan fingerprint density at radius 3 is 2.30 bits per heavy atom. The number of nitrogens with zero attached hydrogens (tertiary/aromatic N) is 1. The van der Waals surface area contributed by atoms with E-state index in [-0.39, 0.29) is 4.90 Å². The number of sulfonamides is 1. The standard InChI is InChI=1S/C25H25N3O4S/c1-16-12-14-18(15-13-16)33(30,31)28-20-11-7-6-10-19(20)25(26)22(17-8-4-3-5-9-17)27-21(23(25)28)24(29)32-2/h3-15,21-23,27H,26H2,1-2H3/t21-,22+,23+,25+/m0/s1. The molecule has 1 fully saturated rings. The summed E-state index contributed by atoms with van der Waals surface area (Å²) in [6.07, 6.45) is 0. The number of aryl methyl sites for hydroxylation is 1. The number of esters is 1. The maximum atomic E-state index is 14.0. The normalized spacial score (nSPS) is 26.0. The molecule has 0 aliphatic carbocycles. The molecule has 2 aliphatic heterocycles. The zero-order valence-electron chi connectivity index (χ0n) is 18.3. The average molecular weight is 464 g/mol. The number of fused-ring (bicyclic) bond motifs is 3. The molecule has 170 valence electrons. The van der Waals surface area contributed by atoms with Crippen LogP contribution in [-0.2, 0) is 25.1 Å². The second kappa shape index (κ2) is 7.69. The Labute approximate surface area is 193 Å². The van der Waals surface area contributed by atoms with Crippen molar-refractivity contribution in [1.29, 1.82) is 0 Å². The molecule has 33 heavy (non-hydrogen) atoms. The number of methoxy groups -OCH3 is 1. The minimum absolute atomic E-state index is 0.138. The molecule has 4 atom stereocenters. The molecular weight excluding hydrogens is 438 g/mol. The quantitative estimate of drug-likeness (QED) is 0.577. The van der Waals surface area contributed by atoms with Gasteiger partial charge in [-0.3, -0.25) is 14.4 Å². The molecule has 8 heteroatoms. The van der Waals surface area contributed by atoms with Gasteiger partial charge in [-0.25, -0.2) is 8.42 Å². The number of carbonyl (C=O) groups excluding carboxylic acids is 1. The summed E-state index contributed by atoms with van der Waals surface area (Å²) in [5.74, 6) is -0.565. The van der Waals surface area contributed by atoms with Crippen LogP contribution >= 0.6 is 0 Å². The lowest BCUT2D eigenvalue weighted by molar-refractivity contribution is -0.143. The Hall–Kier alpha value is -3.20. The van der Waals surface area contributed by atoms with E-state index in [1.165, 1.54) is 11.4 Å².